The van der Waals surface area contributed by atoms with Gasteiger partial charge in [0.05, 0.1) is 11.9 Å². The van der Waals surface area contributed by atoms with Crippen LogP contribution in [-0.4, -0.2) is 35.0 Å². The van der Waals surface area contributed by atoms with Gasteiger partial charge in [-0.15, -0.1) is 0 Å². The summed E-state index contributed by atoms with van der Waals surface area (Å²) >= 11 is 0. The van der Waals surface area contributed by atoms with Crippen LogP contribution in [0.25, 0.3) is 0 Å². The lowest BCUT2D eigenvalue weighted by Gasteiger charge is -2.38. The summed E-state index contributed by atoms with van der Waals surface area (Å²) in [6.45, 7) is 9.90. The molecule has 1 fully saturated rings. The molecular formula is C14H26N4. The van der Waals surface area contributed by atoms with Gasteiger partial charge in [-0.3, -0.25) is 4.68 Å². The fraction of sp³-hybridized carbons (Fsp3) is 0.786. The zero-order valence-electron chi connectivity index (χ0n) is 11.9. The largest absolute Gasteiger partial charge is 0.366 e. The first-order chi connectivity index (χ1) is 8.74. The lowest BCUT2D eigenvalue weighted by Crippen LogP contribution is -2.47. The third kappa shape index (κ3) is 3.05. The summed E-state index contributed by atoms with van der Waals surface area (Å²) in [4.78, 5) is 2.49. The van der Waals surface area contributed by atoms with E-state index in [0.29, 0.717) is 12.1 Å². The lowest BCUT2D eigenvalue weighted by molar-refractivity contribution is 0.369. The molecule has 1 saturated heterocycles. The normalized spacial score (nSPS) is 24.5. The summed E-state index contributed by atoms with van der Waals surface area (Å²) in [6.07, 6.45) is 7.85. The molecule has 4 nitrogen and oxygen atoms in total. The van der Waals surface area contributed by atoms with Crippen LogP contribution in [0.3, 0.4) is 0 Å². The molecule has 4 heteroatoms. The highest BCUT2D eigenvalue weighted by molar-refractivity contribution is 5.44. The van der Waals surface area contributed by atoms with E-state index < -0.39 is 0 Å². The SMILES string of the molecule is CCCNC1CCN(c2cnn(CC)c2)C(C)C1. The topological polar surface area (TPSA) is 33.1 Å². The highest BCUT2D eigenvalue weighted by Crippen LogP contribution is 2.24. The first kappa shape index (κ1) is 13.4. The molecule has 1 N–H and O–H groups in total. The van der Waals surface area contributed by atoms with Crippen LogP contribution in [0.2, 0.25) is 0 Å². The van der Waals surface area contributed by atoms with Gasteiger partial charge in [0.1, 0.15) is 0 Å². The second-order valence-corrected chi connectivity index (χ2v) is 5.27. The van der Waals surface area contributed by atoms with Gasteiger partial charge in [-0.2, -0.15) is 5.10 Å². The molecule has 1 aliphatic rings. The van der Waals surface area contributed by atoms with E-state index in [-0.39, 0.29) is 0 Å². The van der Waals surface area contributed by atoms with Crippen molar-refractivity contribution in [2.24, 2.45) is 0 Å². The Balaban J connectivity index is 1.92. The van der Waals surface area contributed by atoms with Gasteiger partial charge < -0.3 is 10.2 Å². The summed E-state index contributed by atoms with van der Waals surface area (Å²) in [5.41, 5.74) is 1.28. The number of hydrogen-bond acceptors (Lipinski definition) is 3. The van der Waals surface area contributed by atoms with E-state index in [0.717, 1.165) is 19.6 Å². The monoisotopic (exact) mass is 250 g/mol. The maximum absolute atomic E-state index is 4.37. The third-order valence-electron chi connectivity index (χ3n) is 3.83. The first-order valence-electron chi connectivity index (χ1n) is 7.27. The first-order valence-corrected chi connectivity index (χ1v) is 7.27. The molecule has 0 amide bonds. The summed E-state index contributed by atoms with van der Waals surface area (Å²) in [5, 5.41) is 8.01. The van der Waals surface area contributed by atoms with Gasteiger partial charge in [0.15, 0.2) is 0 Å². The fourth-order valence-electron chi connectivity index (χ4n) is 2.76. The van der Waals surface area contributed by atoms with Gasteiger partial charge in [-0.05, 0) is 39.7 Å². The molecule has 18 heavy (non-hydrogen) atoms. The van der Waals surface area contributed by atoms with Crippen LogP contribution in [0.15, 0.2) is 12.4 Å². The van der Waals surface area contributed by atoms with Gasteiger partial charge in [-0.25, -0.2) is 0 Å². The summed E-state index contributed by atoms with van der Waals surface area (Å²) in [5.74, 6) is 0. The smallest absolute Gasteiger partial charge is 0.0754 e. The van der Waals surface area contributed by atoms with E-state index in [1.54, 1.807) is 0 Å². The molecule has 2 atom stereocenters. The van der Waals surface area contributed by atoms with Crippen LogP contribution >= 0.6 is 0 Å². The predicted molar refractivity (Wildman–Crippen MR) is 76.0 cm³/mol. The van der Waals surface area contributed by atoms with Crippen LogP contribution in [-0.2, 0) is 6.54 Å². The third-order valence-corrected chi connectivity index (χ3v) is 3.83. The molecule has 2 rings (SSSR count). The molecule has 1 aromatic heterocycles. The molecule has 2 unspecified atom stereocenters. The fourth-order valence-corrected chi connectivity index (χ4v) is 2.76. The molecule has 0 aliphatic carbocycles. The summed E-state index contributed by atoms with van der Waals surface area (Å²) in [7, 11) is 0. The minimum Gasteiger partial charge on any atom is -0.366 e. The van der Waals surface area contributed by atoms with Crippen molar-refractivity contribution in [2.45, 2.75) is 58.7 Å². The van der Waals surface area contributed by atoms with Crippen molar-refractivity contribution in [1.29, 1.82) is 0 Å². The minimum atomic E-state index is 0.600. The van der Waals surface area contributed by atoms with Crippen LogP contribution in [0.4, 0.5) is 5.69 Å². The average Bonchev–Trinajstić information content (AvgIpc) is 2.85. The van der Waals surface area contributed by atoms with Crippen LogP contribution in [0.1, 0.15) is 40.0 Å². The van der Waals surface area contributed by atoms with Crippen LogP contribution in [0.5, 0.6) is 0 Å². The molecule has 0 radical (unpaired) electrons. The molecule has 1 aromatic rings. The van der Waals surface area contributed by atoms with Crippen molar-refractivity contribution < 1.29 is 0 Å². The number of aryl methyl sites for hydroxylation is 1. The maximum Gasteiger partial charge on any atom is 0.0754 e. The second kappa shape index (κ2) is 6.23. The number of piperidine rings is 1. The van der Waals surface area contributed by atoms with Crippen molar-refractivity contribution in [1.82, 2.24) is 15.1 Å². The van der Waals surface area contributed by atoms with Gasteiger partial charge in [-0.1, -0.05) is 6.92 Å². The lowest BCUT2D eigenvalue weighted by atomic mass is 9.98. The van der Waals surface area contributed by atoms with Gasteiger partial charge in [0.2, 0.25) is 0 Å². The second-order valence-electron chi connectivity index (χ2n) is 5.27. The van der Waals surface area contributed by atoms with E-state index in [1.165, 1.54) is 24.9 Å². The standard InChI is InChI=1S/C14H26N4/c1-4-7-15-13-6-8-18(12(3)9-13)14-10-16-17(5-2)11-14/h10-13,15H,4-9H2,1-3H3. The van der Waals surface area contributed by atoms with Crippen molar-refractivity contribution in [3.8, 4) is 0 Å². The summed E-state index contributed by atoms with van der Waals surface area (Å²) in [6, 6.07) is 1.29. The Labute approximate surface area is 110 Å². The van der Waals surface area contributed by atoms with E-state index in [9.17, 15) is 0 Å². The molecule has 0 spiro atoms. The number of nitrogens with one attached hydrogen (secondary N) is 1. The van der Waals surface area contributed by atoms with Crippen molar-refractivity contribution in [3.63, 3.8) is 0 Å². The number of anilines is 1. The molecule has 102 valence electrons. The van der Waals surface area contributed by atoms with E-state index in [2.05, 4.69) is 42.3 Å². The molecule has 0 bridgehead atoms. The highest BCUT2D eigenvalue weighted by Gasteiger charge is 2.25. The van der Waals surface area contributed by atoms with Crippen LogP contribution in [0, 0.1) is 0 Å². The van der Waals surface area contributed by atoms with E-state index in [4.69, 9.17) is 0 Å². The number of aromatic nitrogens is 2. The molecule has 1 aliphatic heterocycles. The Morgan fingerprint density at radius 1 is 1.44 bits per heavy atom. The van der Waals surface area contributed by atoms with Gasteiger partial charge in [0, 0.05) is 31.4 Å². The molecule has 0 saturated carbocycles. The summed E-state index contributed by atoms with van der Waals surface area (Å²) < 4.78 is 2.00. The molecule has 2 heterocycles. The Bertz CT molecular complexity index is 360. The zero-order chi connectivity index (χ0) is 13.0. The Morgan fingerprint density at radius 2 is 2.28 bits per heavy atom. The molecule has 0 aromatic carbocycles. The molecular weight excluding hydrogens is 224 g/mol. The Kier molecular flexibility index (Phi) is 4.64. The quantitative estimate of drug-likeness (QED) is 0.870. The van der Waals surface area contributed by atoms with Gasteiger partial charge >= 0.3 is 0 Å². The number of rotatable bonds is 5. The Morgan fingerprint density at radius 3 is 2.89 bits per heavy atom. The van der Waals surface area contributed by atoms with Crippen molar-refractivity contribution in [3.05, 3.63) is 12.4 Å². The maximum atomic E-state index is 4.37. The van der Waals surface area contributed by atoms with E-state index >= 15 is 0 Å². The number of nitrogens with zero attached hydrogens (tertiary/aromatic N) is 3. The number of hydrogen-bond donors (Lipinski definition) is 1. The predicted octanol–water partition coefficient (Wildman–Crippen LogP) is 2.26. The zero-order valence-corrected chi connectivity index (χ0v) is 11.9. The van der Waals surface area contributed by atoms with Crippen molar-refractivity contribution >= 4 is 5.69 Å². The highest BCUT2D eigenvalue weighted by atomic mass is 15.3. The van der Waals surface area contributed by atoms with Gasteiger partial charge in [0.25, 0.3) is 0 Å². The van der Waals surface area contributed by atoms with Crippen molar-refractivity contribution in [2.75, 3.05) is 18.0 Å². The van der Waals surface area contributed by atoms with Crippen LogP contribution < -0.4 is 10.2 Å². The Hall–Kier alpha value is -1.03. The average molecular weight is 250 g/mol. The minimum absolute atomic E-state index is 0.600. The van der Waals surface area contributed by atoms with E-state index in [1.807, 2.05) is 10.9 Å².